The van der Waals surface area contributed by atoms with Gasteiger partial charge >= 0.3 is 0 Å². The Bertz CT molecular complexity index is 706. The van der Waals surface area contributed by atoms with Crippen molar-refractivity contribution in [1.82, 2.24) is 5.32 Å². The molecule has 1 amide bonds. The Labute approximate surface area is 131 Å². The third-order valence-electron chi connectivity index (χ3n) is 2.84. The molecule has 0 unspecified atom stereocenters. The van der Waals surface area contributed by atoms with Gasteiger partial charge in [0.05, 0.1) is 10.6 Å². The van der Waals surface area contributed by atoms with Crippen molar-refractivity contribution in [3.63, 3.8) is 0 Å². The molecule has 2 aromatic carbocycles. The molecule has 3 N–H and O–H groups in total. The van der Waals surface area contributed by atoms with E-state index in [2.05, 4.69) is 5.32 Å². The molecular formula is C15H12ClFN2OS. The van der Waals surface area contributed by atoms with Crippen LogP contribution in [0.15, 0.2) is 42.5 Å². The molecule has 2 aromatic rings. The maximum atomic E-state index is 12.9. The van der Waals surface area contributed by atoms with Crippen molar-refractivity contribution >= 4 is 34.7 Å². The fourth-order valence-corrected chi connectivity index (χ4v) is 2.17. The van der Waals surface area contributed by atoms with Gasteiger partial charge < -0.3 is 11.1 Å². The molecule has 0 saturated carbocycles. The first-order valence-electron chi connectivity index (χ1n) is 6.09. The highest BCUT2D eigenvalue weighted by molar-refractivity contribution is 7.80. The Morgan fingerprint density at radius 3 is 2.71 bits per heavy atom. The van der Waals surface area contributed by atoms with Crippen LogP contribution >= 0.6 is 23.8 Å². The number of carbonyl (C=O) groups excluding carboxylic acids is 1. The minimum atomic E-state index is -0.485. The topological polar surface area (TPSA) is 55.1 Å². The molecule has 0 fully saturated rings. The Balaban J connectivity index is 2.07. The third-order valence-corrected chi connectivity index (χ3v) is 3.39. The van der Waals surface area contributed by atoms with Crippen LogP contribution in [-0.4, -0.2) is 10.9 Å². The van der Waals surface area contributed by atoms with Crippen molar-refractivity contribution in [2.24, 2.45) is 5.73 Å². The lowest BCUT2D eigenvalue weighted by Gasteiger charge is -2.08. The summed E-state index contributed by atoms with van der Waals surface area (Å²) in [5.74, 6) is -0.860. The number of rotatable bonds is 4. The summed E-state index contributed by atoms with van der Waals surface area (Å²) in [5, 5.41) is 2.79. The molecule has 6 heteroatoms. The van der Waals surface area contributed by atoms with E-state index < -0.39 is 5.82 Å². The normalized spacial score (nSPS) is 10.2. The van der Waals surface area contributed by atoms with Crippen LogP contribution in [0.1, 0.15) is 21.5 Å². The SMILES string of the molecule is NC(=S)c1cccc(CNC(=O)c2ccc(F)cc2Cl)c1. The van der Waals surface area contributed by atoms with Crippen LogP contribution in [0.2, 0.25) is 5.02 Å². The molecule has 3 nitrogen and oxygen atoms in total. The van der Waals surface area contributed by atoms with Crippen LogP contribution in [-0.2, 0) is 6.54 Å². The van der Waals surface area contributed by atoms with E-state index in [1.54, 1.807) is 18.2 Å². The van der Waals surface area contributed by atoms with Gasteiger partial charge in [-0.1, -0.05) is 42.0 Å². The highest BCUT2D eigenvalue weighted by Gasteiger charge is 2.10. The second-order valence-corrected chi connectivity index (χ2v) is 5.22. The fraction of sp³-hybridized carbons (Fsp3) is 0.0667. The van der Waals surface area contributed by atoms with Crippen molar-refractivity contribution in [3.8, 4) is 0 Å². The zero-order chi connectivity index (χ0) is 15.4. The minimum Gasteiger partial charge on any atom is -0.389 e. The lowest BCUT2D eigenvalue weighted by atomic mass is 10.1. The molecule has 0 heterocycles. The summed E-state index contributed by atoms with van der Waals surface area (Å²) in [4.78, 5) is 12.3. The first kappa shape index (κ1) is 15.4. The molecule has 0 aliphatic rings. The van der Waals surface area contributed by atoms with Crippen molar-refractivity contribution < 1.29 is 9.18 Å². The molecule has 0 saturated heterocycles. The standard InChI is InChI=1S/C15H12ClFN2OS/c16-13-7-11(17)4-5-12(13)15(20)19-8-9-2-1-3-10(6-9)14(18)21/h1-7H,8H2,(H2,18,21)(H,19,20). The number of thiocarbonyl (C=S) groups is 1. The highest BCUT2D eigenvalue weighted by atomic mass is 35.5. The largest absolute Gasteiger partial charge is 0.389 e. The molecule has 0 aromatic heterocycles. The summed E-state index contributed by atoms with van der Waals surface area (Å²) in [6.45, 7) is 0.295. The van der Waals surface area contributed by atoms with Crippen molar-refractivity contribution in [2.45, 2.75) is 6.54 Å². The number of hydrogen-bond acceptors (Lipinski definition) is 2. The lowest BCUT2D eigenvalue weighted by molar-refractivity contribution is 0.0951. The molecule has 0 spiro atoms. The first-order valence-corrected chi connectivity index (χ1v) is 6.88. The van der Waals surface area contributed by atoms with Crippen LogP contribution in [0.3, 0.4) is 0 Å². The maximum Gasteiger partial charge on any atom is 0.253 e. The second kappa shape index (κ2) is 6.65. The summed E-state index contributed by atoms with van der Waals surface area (Å²) in [6.07, 6.45) is 0. The van der Waals surface area contributed by atoms with Crippen LogP contribution < -0.4 is 11.1 Å². The smallest absolute Gasteiger partial charge is 0.253 e. The Kier molecular flexibility index (Phi) is 4.88. The minimum absolute atomic E-state index is 0.0735. The van der Waals surface area contributed by atoms with E-state index in [0.717, 1.165) is 17.2 Å². The van der Waals surface area contributed by atoms with E-state index >= 15 is 0 Å². The number of amides is 1. The number of hydrogen-bond donors (Lipinski definition) is 2. The molecule has 108 valence electrons. The summed E-state index contributed by atoms with van der Waals surface area (Å²) < 4.78 is 12.9. The first-order chi connectivity index (χ1) is 9.97. The zero-order valence-corrected chi connectivity index (χ0v) is 12.5. The Morgan fingerprint density at radius 1 is 1.29 bits per heavy atom. The van der Waals surface area contributed by atoms with Gasteiger partial charge in [0.25, 0.3) is 5.91 Å². The molecule has 0 atom stereocenters. The number of carbonyl (C=O) groups is 1. The summed E-state index contributed by atoms with van der Waals surface area (Å²) >= 11 is 10.7. The van der Waals surface area contributed by atoms with Crippen molar-refractivity contribution in [3.05, 3.63) is 70.0 Å². The Morgan fingerprint density at radius 2 is 2.05 bits per heavy atom. The monoisotopic (exact) mass is 322 g/mol. The predicted octanol–water partition coefficient (Wildman–Crippen LogP) is 3.04. The summed E-state index contributed by atoms with van der Waals surface area (Å²) in [5.41, 5.74) is 7.37. The molecule has 0 aliphatic heterocycles. The highest BCUT2D eigenvalue weighted by Crippen LogP contribution is 2.17. The Hall–Kier alpha value is -1.98. The number of halogens is 2. The van der Waals surface area contributed by atoms with Crippen LogP contribution in [0.4, 0.5) is 4.39 Å². The van der Waals surface area contributed by atoms with Gasteiger partial charge in [0.15, 0.2) is 0 Å². The molecule has 2 rings (SSSR count). The maximum absolute atomic E-state index is 12.9. The summed E-state index contributed by atoms with van der Waals surface area (Å²) in [6, 6.07) is 10.9. The van der Waals surface area contributed by atoms with Crippen LogP contribution in [0, 0.1) is 5.82 Å². The van der Waals surface area contributed by atoms with E-state index in [1.807, 2.05) is 6.07 Å². The fourth-order valence-electron chi connectivity index (χ4n) is 1.79. The number of benzene rings is 2. The average Bonchev–Trinajstić information content (AvgIpc) is 2.45. The van der Waals surface area contributed by atoms with E-state index in [-0.39, 0.29) is 16.5 Å². The van der Waals surface area contributed by atoms with Crippen molar-refractivity contribution in [1.29, 1.82) is 0 Å². The van der Waals surface area contributed by atoms with Gasteiger partial charge in [-0.3, -0.25) is 4.79 Å². The van der Waals surface area contributed by atoms with Gasteiger partial charge in [0, 0.05) is 12.1 Å². The predicted molar refractivity (Wildman–Crippen MR) is 84.9 cm³/mol. The molecule has 0 aliphatic carbocycles. The molecular weight excluding hydrogens is 311 g/mol. The zero-order valence-electron chi connectivity index (χ0n) is 10.9. The second-order valence-electron chi connectivity index (χ2n) is 4.37. The third kappa shape index (κ3) is 4.00. The lowest BCUT2D eigenvalue weighted by Crippen LogP contribution is -2.23. The van der Waals surface area contributed by atoms with Gasteiger partial charge in [-0.05, 0) is 29.8 Å². The molecule has 0 bridgehead atoms. The van der Waals surface area contributed by atoms with E-state index in [1.165, 1.54) is 12.1 Å². The number of nitrogens with one attached hydrogen (secondary N) is 1. The van der Waals surface area contributed by atoms with E-state index in [4.69, 9.17) is 29.6 Å². The van der Waals surface area contributed by atoms with Crippen LogP contribution in [0.25, 0.3) is 0 Å². The van der Waals surface area contributed by atoms with Crippen molar-refractivity contribution in [2.75, 3.05) is 0 Å². The molecule has 21 heavy (non-hydrogen) atoms. The molecule has 0 radical (unpaired) electrons. The van der Waals surface area contributed by atoms with Crippen LogP contribution in [0.5, 0.6) is 0 Å². The number of nitrogens with two attached hydrogens (primary N) is 1. The van der Waals surface area contributed by atoms with Gasteiger partial charge in [0.2, 0.25) is 0 Å². The van der Waals surface area contributed by atoms with Gasteiger partial charge in [-0.25, -0.2) is 4.39 Å². The van der Waals surface area contributed by atoms with Gasteiger partial charge in [-0.2, -0.15) is 0 Å². The van der Waals surface area contributed by atoms with Gasteiger partial charge in [-0.15, -0.1) is 0 Å². The van der Waals surface area contributed by atoms with E-state index in [9.17, 15) is 9.18 Å². The quantitative estimate of drug-likeness (QED) is 0.851. The summed E-state index contributed by atoms with van der Waals surface area (Å²) in [7, 11) is 0. The average molecular weight is 323 g/mol. The van der Waals surface area contributed by atoms with E-state index in [0.29, 0.717) is 11.5 Å². The van der Waals surface area contributed by atoms with Gasteiger partial charge in [0.1, 0.15) is 10.8 Å².